The number of pyridine rings is 1. The van der Waals surface area contributed by atoms with Gasteiger partial charge in [-0.1, -0.05) is 35.5 Å². The number of aliphatic hydroxyl groups excluding tert-OH is 1. The first-order valence-electron chi connectivity index (χ1n) is 11.7. The molecule has 4 N–H and O–H groups in total. The van der Waals surface area contributed by atoms with Gasteiger partial charge < -0.3 is 20.3 Å². The molecule has 1 atom stereocenters. The van der Waals surface area contributed by atoms with E-state index in [1.807, 2.05) is 67.1 Å². The molecule has 0 aliphatic heterocycles. The number of nitrogens with one attached hydrogen (secondary N) is 3. The second-order valence-electron chi connectivity index (χ2n) is 8.81. The molecule has 0 aliphatic rings. The largest absolute Gasteiger partial charge is 0.394 e. The van der Waals surface area contributed by atoms with E-state index in [1.165, 1.54) is 0 Å². The normalized spacial score (nSPS) is 12.2. The molecule has 10 nitrogen and oxygen atoms in total. The summed E-state index contributed by atoms with van der Waals surface area (Å²) in [7, 11) is 0. The van der Waals surface area contributed by atoms with Crippen molar-refractivity contribution in [1.82, 2.24) is 24.9 Å². The predicted molar refractivity (Wildman–Crippen MR) is 138 cm³/mol. The third-order valence-electron chi connectivity index (χ3n) is 5.89. The highest BCUT2D eigenvalue weighted by atomic mass is 16.5. The van der Waals surface area contributed by atoms with Gasteiger partial charge in [0.25, 0.3) is 11.4 Å². The van der Waals surface area contributed by atoms with Gasteiger partial charge in [-0.25, -0.2) is 4.98 Å². The van der Waals surface area contributed by atoms with Crippen molar-refractivity contribution >= 4 is 28.1 Å². The molecule has 0 fully saturated rings. The average molecular weight is 486 g/mol. The number of hydrogen-bond donors (Lipinski definition) is 4. The fourth-order valence-corrected chi connectivity index (χ4v) is 4.11. The molecule has 2 aromatic carbocycles. The van der Waals surface area contributed by atoms with Crippen LogP contribution in [0.5, 0.6) is 0 Å². The minimum absolute atomic E-state index is 0.102. The Labute approximate surface area is 207 Å². The van der Waals surface area contributed by atoms with Gasteiger partial charge in [0.05, 0.1) is 34.8 Å². The molecule has 0 saturated heterocycles. The van der Waals surface area contributed by atoms with Crippen LogP contribution in [0.25, 0.3) is 22.4 Å². The Balaban J connectivity index is 1.52. The van der Waals surface area contributed by atoms with Gasteiger partial charge in [0.1, 0.15) is 5.82 Å². The fourth-order valence-electron chi connectivity index (χ4n) is 4.11. The molecule has 3 heterocycles. The summed E-state index contributed by atoms with van der Waals surface area (Å²) in [5, 5.41) is 24.2. The van der Waals surface area contributed by atoms with Gasteiger partial charge in [-0.15, -0.1) is 0 Å². The first kappa shape index (κ1) is 23.3. The zero-order valence-corrected chi connectivity index (χ0v) is 20.2. The van der Waals surface area contributed by atoms with Crippen molar-refractivity contribution in [2.45, 2.75) is 32.9 Å². The molecule has 0 unspecified atom stereocenters. The lowest BCUT2D eigenvalue weighted by atomic mass is 10.1. The van der Waals surface area contributed by atoms with E-state index >= 15 is 0 Å². The molecule has 3 aromatic heterocycles. The molecule has 0 saturated carbocycles. The highest BCUT2D eigenvalue weighted by Gasteiger charge is 2.18. The first-order chi connectivity index (χ1) is 17.4. The summed E-state index contributed by atoms with van der Waals surface area (Å²) < 4.78 is 7.24. The van der Waals surface area contributed by atoms with E-state index in [-0.39, 0.29) is 24.2 Å². The molecular weight excluding hydrogens is 458 g/mol. The number of anilines is 3. The van der Waals surface area contributed by atoms with E-state index in [1.54, 1.807) is 19.2 Å². The number of aliphatic hydroxyl groups is 1. The molecule has 5 aromatic rings. The van der Waals surface area contributed by atoms with Crippen molar-refractivity contribution in [1.29, 1.82) is 0 Å². The van der Waals surface area contributed by atoms with Crippen LogP contribution in [-0.4, -0.2) is 36.6 Å². The Kier molecular flexibility index (Phi) is 6.26. The maximum Gasteiger partial charge on any atom is 0.271 e. The lowest BCUT2D eigenvalue weighted by Gasteiger charge is -2.20. The van der Waals surface area contributed by atoms with Crippen molar-refractivity contribution in [3.05, 3.63) is 82.5 Å². The number of benzene rings is 2. The van der Waals surface area contributed by atoms with Gasteiger partial charge in [-0.3, -0.25) is 14.6 Å². The summed E-state index contributed by atoms with van der Waals surface area (Å²) in [5.74, 6) is 1.40. The Hall–Kier alpha value is -4.44. The molecule has 0 radical (unpaired) electrons. The molecule has 36 heavy (non-hydrogen) atoms. The summed E-state index contributed by atoms with van der Waals surface area (Å²) in [6.07, 6.45) is 1.65. The lowest BCUT2D eigenvalue weighted by molar-refractivity contribution is 0.276. The lowest BCUT2D eigenvalue weighted by Crippen LogP contribution is -2.15. The van der Waals surface area contributed by atoms with Gasteiger partial charge in [0.15, 0.2) is 5.82 Å². The van der Waals surface area contributed by atoms with Crippen LogP contribution in [0.1, 0.15) is 37.3 Å². The van der Waals surface area contributed by atoms with E-state index in [2.05, 4.69) is 30.9 Å². The van der Waals surface area contributed by atoms with Gasteiger partial charge in [-0.2, -0.15) is 4.98 Å². The fraction of sp³-hybridized carbons (Fsp3) is 0.231. The quantitative estimate of drug-likeness (QED) is 0.251. The van der Waals surface area contributed by atoms with E-state index in [0.29, 0.717) is 34.2 Å². The maximum absolute atomic E-state index is 12.3. The van der Waals surface area contributed by atoms with Crippen LogP contribution in [0.3, 0.4) is 0 Å². The number of aryl methyl sites for hydroxylation is 1. The summed E-state index contributed by atoms with van der Waals surface area (Å²) in [6, 6.07) is 16.8. The van der Waals surface area contributed by atoms with Crippen molar-refractivity contribution in [3.63, 3.8) is 0 Å². The summed E-state index contributed by atoms with van der Waals surface area (Å²) in [6.45, 7) is 5.65. The molecule has 0 spiro atoms. The van der Waals surface area contributed by atoms with E-state index in [0.717, 1.165) is 16.8 Å². The topological polar surface area (TPSA) is 134 Å². The Bertz CT molecular complexity index is 1550. The monoisotopic (exact) mass is 485 g/mol. The third-order valence-corrected chi connectivity index (χ3v) is 5.89. The van der Waals surface area contributed by atoms with Crippen molar-refractivity contribution < 1.29 is 9.63 Å². The van der Waals surface area contributed by atoms with Crippen molar-refractivity contribution in [3.8, 4) is 11.5 Å². The number of aromatic amines is 1. The minimum Gasteiger partial charge on any atom is -0.394 e. The summed E-state index contributed by atoms with van der Waals surface area (Å²) in [4.78, 5) is 21.2. The number of fused-ring (bicyclic) bond motifs is 1. The predicted octanol–water partition coefficient (Wildman–Crippen LogP) is 4.55. The molecule has 10 heteroatoms. The van der Waals surface area contributed by atoms with Gasteiger partial charge in [0.2, 0.25) is 0 Å². The van der Waals surface area contributed by atoms with Crippen LogP contribution < -0.4 is 16.2 Å². The summed E-state index contributed by atoms with van der Waals surface area (Å²) >= 11 is 0. The number of H-pyrrole nitrogens is 1. The number of rotatable bonds is 8. The molecular formula is C26H27N7O3. The second kappa shape index (κ2) is 9.67. The zero-order valence-electron chi connectivity index (χ0n) is 20.2. The van der Waals surface area contributed by atoms with Crippen LogP contribution in [0.15, 0.2) is 70.1 Å². The van der Waals surface area contributed by atoms with E-state index in [4.69, 9.17) is 4.52 Å². The highest BCUT2D eigenvalue weighted by Crippen LogP contribution is 2.32. The zero-order chi connectivity index (χ0) is 25.2. The molecule has 0 amide bonds. The van der Waals surface area contributed by atoms with Crippen LogP contribution in [0, 0.1) is 6.92 Å². The van der Waals surface area contributed by atoms with Gasteiger partial charge >= 0.3 is 0 Å². The number of nitrogens with zero attached hydrogens (tertiary/aromatic N) is 4. The Morgan fingerprint density at radius 2 is 1.94 bits per heavy atom. The van der Waals surface area contributed by atoms with Crippen LogP contribution in [0.2, 0.25) is 0 Å². The van der Waals surface area contributed by atoms with E-state index < -0.39 is 0 Å². The molecule has 0 bridgehead atoms. The average Bonchev–Trinajstić information content (AvgIpc) is 3.46. The third kappa shape index (κ3) is 4.58. The first-order valence-corrected chi connectivity index (χ1v) is 11.7. The molecule has 5 rings (SSSR count). The highest BCUT2D eigenvalue weighted by molar-refractivity contribution is 5.84. The standard InChI is InChI=1S/C26H27N7O3/c1-15(2)33-23-11-18(9-10-19(23)25(35)31-33)29-24-12-21(20(13-27-24)26-28-16(3)32-36-26)30-22(14-34)17-7-5-4-6-8-17/h4-13,15,22,34H,14H2,1-3H3,(H,31,35)(H2,27,29,30)/t22-/m1/s1. The smallest absolute Gasteiger partial charge is 0.271 e. The number of hydrogen-bond acceptors (Lipinski definition) is 8. The second-order valence-corrected chi connectivity index (χ2v) is 8.81. The molecule has 184 valence electrons. The minimum atomic E-state index is -0.360. The number of aromatic nitrogens is 5. The van der Waals surface area contributed by atoms with Crippen molar-refractivity contribution in [2.24, 2.45) is 0 Å². The summed E-state index contributed by atoms with van der Waals surface area (Å²) in [5.41, 5.74) is 3.68. The van der Waals surface area contributed by atoms with Crippen LogP contribution >= 0.6 is 0 Å². The van der Waals surface area contributed by atoms with E-state index in [9.17, 15) is 9.90 Å². The Morgan fingerprint density at radius 1 is 1.14 bits per heavy atom. The Morgan fingerprint density at radius 3 is 2.64 bits per heavy atom. The van der Waals surface area contributed by atoms with Gasteiger partial charge in [0, 0.05) is 24.0 Å². The molecule has 0 aliphatic carbocycles. The van der Waals surface area contributed by atoms with Crippen molar-refractivity contribution in [2.75, 3.05) is 17.2 Å². The van der Waals surface area contributed by atoms with Crippen LogP contribution in [0.4, 0.5) is 17.2 Å². The van der Waals surface area contributed by atoms with Gasteiger partial charge in [-0.05, 0) is 44.5 Å². The maximum atomic E-state index is 12.3. The van der Waals surface area contributed by atoms with Crippen LogP contribution in [-0.2, 0) is 0 Å². The SMILES string of the molecule is Cc1noc(-c2cnc(Nc3ccc4c(=O)[nH]n(C(C)C)c4c3)cc2N[C@H](CO)c2ccccc2)n1.